The van der Waals surface area contributed by atoms with Gasteiger partial charge < -0.3 is 20.9 Å². The van der Waals surface area contributed by atoms with Crippen molar-refractivity contribution in [3.63, 3.8) is 0 Å². The van der Waals surface area contributed by atoms with Crippen molar-refractivity contribution in [2.24, 2.45) is 52.1 Å². The van der Waals surface area contributed by atoms with Gasteiger partial charge in [0, 0.05) is 12.6 Å². The molecule has 5 nitrogen and oxygen atoms in total. The summed E-state index contributed by atoms with van der Waals surface area (Å²) in [6.07, 6.45) is 13.8. The van der Waals surface area contributed by atoms with Crippen molar-refractivity contribution in [2.45, 2.75) is 110 Å². The lowest BCUT2D eigenvalue weighted by atomic mass is 9.44. The van der Waals surface area contributed by atoms with Crippen LogP contribution in [0.25, 0.3) is 0 Å². The van der Waals surface area contributed by atoms with Gasteiger partial charge in [0.05, 0.1) is 13.2 Å². The first-order valence-electron chi connectivity index (χ1n) is 16.0. The molecule has 1 aromatic rings. The topological polar surface area (TPSA) is 84.6 Å². The predicted octanol–water partition coefficient (Wildman–Crippen LogP) is 6.08. The molecule has 0 spiro atoms. The Hall–Kier alpha value is -1.43. The van der Waals surface area contributed by atoms with Crippen LogP contribution in [0, 0.1) is 46.3 Å². The van der Waals surface area contributed by atoms with Gasteiger partial charge >= 0.3 is 0 Å². The van der Waals surface area contributed by atoms with Crippen LogP contribution in [0.2, 0.25) is 0 Å². The number of aliphatic hydroxyl groups is 1. The van der Waals surface area contributed by atoms with Crippen LogP contribution in [0.3, 0.4) is 0 Å². The van der Waals surface area contributed by atoms with Gasteiger partial charge in [0.15, 0.2) is 0 Å². The van der Waals surface area contributed by atoms with Crippen molar-refractivity contribution in [2.75, 3.05) is 13.2 Å². The first-order valence-corrected chi connectivity index (χ1v) is 16.0. The second kappa shape index (κ2) is 12.2. The number of carbonyl (C=O) groups excluding carboxylic acids is 1. The fourth-order valence-corrected chi connectivity index (χ4v) is 10.2. The molecule has 0 unspecified atom stereocenters. The summed E-state index contributed by atoms with van der Waals surface area (Å²) in [6, 6.07) is 9.64. The molecule has 0 radical (unpaired) electrons. The van der Waals surface area contributed by atoms with Gasteiger partial charge in [-0.15, -0.1) is 0 Å². The van der Waals surface area contributed by atoms with Gasteiger partial charge in [-0.2, -0.15) is 0 Å². The molecule has 0 heterocycles. The summed E-state index contributed by atoms with van der Waals surface area (Å²) in [5.41, 5.74) is 8.21. The number of rotatable bonds is 10. The molecule has 4 aliphatic carbocycles. The minimum atomic E-state index is -0.621. The van der Waals surface area contributed by atoms with E-state index in [9.17, 15) is 9.90 Å². The summed E-state index contributed by atoms with van der Waals surface area (Å²) >= 11 is 0. The first kappa shape index (κ1) is 29.1. The van der Waals surface area contributed by atoms with E-state index in [1.807, 2.05) is 30.3 Å². The van der Waals surface area contributed by atoms with E-state index >= 15 is 0 Å². The molecule has 1 amide bonds. The molecule has 4 fully saturated rings. The van der Waals surface area contributed by atoms with Crippen molar-refractivity contribution in [1.29, 1.82) is 0 Å². The number of carbonyl (C=O) groups is 1. The van der Waals surface area contributed by atoms with Crippen LogP contribution >= 0.6 is 0 Å². The van der Waals surface area contributed by atoms with E-state index in [1.165, 1.54) is 51.4 Å². The molecule has 4 saturated carbocycles. The lowest BCUT2D eigenvalue weighted by Crippen LogP contribution is -2.56. The smallest absolute Gasteiger partial charge is 0.239 e. The summed E-state index contributed by atoms with van der Waals surface area (Å²) in [6.45, 7) is 8.75. The molecule has 4 N–H and O–H groups in total. The third-order valence-corrected chi connectivity index (χ3v) is 12.3. The molecule has 0 saturated heterocycles. The number of fused-ring (bicyclic) bond motifs is 5. The van der Waals surface area contributed by atoms with Gasteiger partial charge in [-0.3, -0.25) is 4.79 Å². The molecular formula is C34H54N2O3. The van der Waals surface area contributed by atoms with E-state index in [4.69, 9.17) is 10.5 Å². The molecule has 39 heavy (non-hydrogen) atoms. The Morgan fingerprint density at radius 1 is 1.05 bits per heavy atom. The fourth-order valence-electron chi connectivity index (χ4n) is 10.2. The second-order valence-electron chi connectivity index (χ2n) is 14.3. The molecule has 1 aromatic carbocycles. The van der Waals surface area contributed by atoms with Crippen LogP contribution in [0.1, 0.15) is 97.0 Å². The highest BCUT2D eigenvalue weighted by atomic mass is 16.5. The Kier molecular flexibility index (Phi) is 9.10. The van der Waals surface area contributed by atoms with Crippen molar-refractivity contribution >= 4 is 5.91 Å². The maximum atomic E-state index is 12.9. The zero-order valence-corrected chi connectivity index (χ0v) is 24.7. The van der Waals surface area contributed by atoms with E-state index in [-0.39, 0.29) is 18.6 Å². The summed E-state index contributed by atoms with van der Waals surface area (Å²) in [5, 5.41) is 12.7. The number of ether oxygens (including phenoxy) is 1. The van der Waals surface area contributed by atoms with Crippen LogP contribution in [0.4, 0.5) is 0 Å². The summed E-state index contributed by atoms with van der Waals surface area (Å²) in [7, 11) is 0. The molecule has 5 heteroatoms. The fraction of sp³-hybridized carbons (Fsp3) is 0.794. The minimum Gasteiger partial charge on any atom is -0.396 e. The highest BCUT2D eigenvalue weighted by Gasteiger charge is 2.60. The molecule has 0 aromatic heterocycles. The maximum absolute atomic E-state index is 12.9. The van der Waals surface area contributed by atoms with E-state index < -0.39 is 6.04 Å². The van der Waals surface area contributed by atoms with Crippen molar-refractivity contribution < 1.29 is 14.6 Å². The van der Waals surface area contributed by atoms with Gasteiger partial charge in [-0.05, 0) is 123 Å². The van der Waals surface area contributed by atoms with Crippen LogP contribution in [-0.2, 0) is 16.1 Å². The van der Waals surface area contributed by atoms with E-state index in [0.29, 0.717) is 30.0 Å². The Morgan fingerprint density at radius 2 is 1.79 bits per heavy atom. The molecule has 4 aliphatic rings. The molecule has 10 atom stereocenters. The first-order chi connectivity index (χ1) is 18.8. The Morgan fingerprint density at radius 3 is 2.56 bits per heavy atom. The minimum absolute atomic E-state index is 0.0638. The van der Waals surface area contributed by atoms with Crippen LogP contribution in [-0.4, -0.2) is 36.3 Å². The average molecular weight is 539 g/mol. The second-order valence-corrected chi connectivity index (χ2v) is 14.3. The third kappa shape index (κ3) is 5.83. The molecule has 5 rings (SSSR count). The third-order valence-electron chi connectivity index (χ3n) is 12.3. The highest BCUT2D eigenvalue weighted by Crippen LogP contribution is 2.68. The number of amides is 1. The quantitative estimate of drug-likeness (QED) is 0.337. The highest BCUT2D eigenvalue weighted by molar-refractivity contribution is 5.81. The van der Waals surface area contributed by atoms with Crippen LogP contribution in [0.15, 0.2) is 30.3 Å². The Balaban J connectivity index is 1.14. The number of aliphatic hydroxyl groups excluding tert-OH is 1. The lowest BCUT2D eigenvalue weighted by molar-refractivity contribution is -0.130. The number of hydrogen-bond donors (Lipinski definition) is 3. The van der Waals surface area contributed by atoms with Gasteiger partial charge in [0.1, 0.15) is 6.04 Å². The normalized spacial score (nSPS) is 39.2. The zero-order valence-electron chi connectivity index (χ0n) is 24.7. The molecular weight excluding hydrogens is 484 g/mol. The van der Waals surface area contributed by atoms with Crippen molar-refractivity contribution in [3.05, 3.63) is 35.9 Å². The summed E-state index contributed by atoms with van der Waals surface area (Å²) < 4.78 is 5.74. The molecule has 218 valence electrons. The van der Waals surface area contributed by atoms with Gasteiger partial charge in [-0.25, -0.2) is 0 Å². The van der Waals surface area contributed by atoms with Gasteiger partial charge in [0.25, 0.3) is 0 Å². The lowest BCUT2D eigenvalue weighted by Gasteiger charge is -2.61. The summed E-state index contributed by atoms with van der Waals surface area (Å²) in [5.74, 6) is 4.78. The predicted molar refractivity (Wildman–Crippen MR) is 157 cm³/mol. The maximum Gasteiger partial charge on any atom is 0.239 e. The number of hydrogen-bond acceptors (Lipinski definition) is 4. The van der Waals surface area contributed by atoms with Crippen LogP contribution in [0.5, 0.6) is 0 Å². The van der Waals surface area contributed by atoms with E-state index in [0.717, 1.165) is 54.4 Å². The number of nitrogens with two attached hydrogens (primary N) is 1. The SMILES string of the molecule is C[C@H](CCCO)[C@H]1CC[C@H]2[C@@H]3CC[C@@H]4C[C@@H](NC(=O)[C@@H](N)COCc5ccccc5)CC[C@]4(C)[C@H]3CC[C@]12C. The average Bonchev–Trinajstić information content (AvgIpc) is 3.29. The Labute approximate surface area is 237 Å². The molecule has 0 bridgehead atoms. The van der Waals surface area contributed by atoms with Crippen molar-refractivity contribution in [1.82, 2.24) is 5.32 Å². The van der Waals surface area contributed by atoms with Gasteiger partial charge in [-0.1, -0.05) is 51.1 Å². The monoisotopic (exact) mass is 538 g/mol. The number of nitrogens with one attached hydrogen (secondary N) is 1. The van der Waals surface area contributed by atoms with Crippen molar-refractivity contribution in [3.8, 4) is 0 Å². The van der Waals surface area contributed by atoms with E-state index in [1.54, 1.807) is 0 Å². The van der Waals surface area contributed by atoms with Crippen LogP contribution < -0.4 is 11.1 Å². The zero-order chi connectivity index (χ0) is 27.6. The van der Waals surface area contributed by atoms with Gasteiger partial charge in [0.2, 0.25) is 5.91 Å². The summed E-state index contributed by atoms with van der Waals surface area (Å²) in [4.78, 5) is 12.9. The largest absolute Gasteiger partial charge is 0.396 e. The van der Waals surface area contributed by atoms with E-state index in [2.05, 4.69) is 26.1 Å². The number of benzene rings is 1. The standard InChI is InChI=1S/C34H54N2O3/c1-23(8-7-19-37)28-13-14-29-27-12-11-25-20-26(15-17-33(25,2)30(27)16-18-34(28,29)3)36-32(38)31(35)22-39-21-24-9-5-4-6-10-24/h4-6,9-10,23,25-31,37H,7-8,11-22,35H2,1-3H3,(H,36,38)/t23-,25-,26+,27+,28-,29+,30+,31+,33+,34-/m1/s1. The molecule has 0 aliphatic heterocycles. The Bertz CT molecular complexity index is 955.